The van der Waals surface area contributed by atoms with Gasteiger partial charge >= 0.3 is 5.97 Å². The minimum Gasteiger partial charge on any atom is -0.469 e. The maximum atomic E-state index is 12.6. The average Bonchev–Trinajstić information content (AvgIpc) is 2.28. The van der Waals surface area contributed by atoms with Crippen molar-refractivity contribution in [2.24, 2.45) is 0 Å². The zero-order valence-electron chi connectivity index (χ0n) is 8.84. The van der Waals surface area contributed by atoms with Gasteiger partial charge in [-0.15, -0.1) is 0 Å². The molecule has 0 saturated carbocycles. The molecule has 0 unspecified atom stereocenters. The number of rotatable bonds is 4. The molecule has 1 aromatic rings. The molecule has 0 atom stereocenters. The number of methoxy groups -OCH3 is 1. The molecule has 0 N–H and O–H groups in total. The second-order valence-electron chi connectivity index (χ2n) is 3.14. The minimum absolute atomic E-state index is 0.0641. The number of alkyl halides is 3. The minimum atomic E-state index is -2.69. The van der Waals surface area contributed by atoms with Gasteiger partial charge in [0.15, 0.2) is 0 Å². The Morgan fingerprint density at radius 2 is 2.29 bits per heavy atom. The van der Waals surface area contributed by atoms with Gasteiger partial charge in [-0.3, -0.25) is 9.78 Å². The molecular weight excluding hydrogens is 319 g/mol. The van der Waals surface area contributed by atoms with E-state index in [4.69, 9.17) is 11.6 Å². The first-order valence-electron chi connectivity index (χ1n) is 4.58. The summed E-state index contributed by atoms with van der Waals surface area (Å²) < 4.78 is 29.6. The first-order chi connectivity index (χ1) is 8.01. The lowest BCUT2D eigenvalue weighted by molar-refractivity contribution is -0.139. The van der Waals surface area contributed by atoms with Gasteiger partial charge in [-0.1, -0.05) is 27.5 Å². The van der Waals surface area contributed by atoms with Crippen molar-refractivity contribution in [3.8, 4) is 0 Å². The highest BCUT2D eigenvalue weighted by atomic mass is 79.9. The summed E-state index contributed by atoms with van der Waals surface area (Å²) >= 11 is 8.97. The van der Waals surface area contributed by atoms with Gasteiger partial charge in [0, 0.05) is 17.1 Å². The van der Waals surface area contributed by atoms with E-state index in [0.29, 0.717) is 11.3 Å². The molecular formula is C10H9BrClF2NO2. The van der Waals surface area contributed by atoms with Crippen molar-refractivity contribution in [3.05, 3.63) is 28.0 Å². The first-order valence-corrected chi connectivity index (χ1v) is 6.08. The fourth-order valence-corrected chi connectivity index (χ4v) is 2.30. The summed E-state index contributed by atoms with van der Waals surface area (Å²) in [5.74, 6) is -0.499. The number of carbonyl (C=O) groups excluding carboxylic acids is 1. The number of ether oxygens (including phenoxy) is 1. The van der Waals surface area contributed by atoms with Crippen LogP contribution in [0.15, 0.2) is 6.20 Å². The van der Waals surface area contributed by atoms with Crippen molar-refractivity contribution in [2.45, 2.75) is 18.2 Å². The number of hydrogen-bond acceptors (Lipinski definition) is 3. The van der Waals surface area contributed by atoms with E-state index in [1.165, 1.54) is 7.11 Å². The molecule has 0 spiro atoms. The Kier molecular flexibility index (Phi) is 5.27. The van der Waals surface area contributed by atoms with Crippen LogP contribution >= 0.6 is 27.5 Å². The second-order valence-corrected chi connectivity index (χ2v) is 4.08. The zero-order valence-corrected chi connectivity index (χ0v) is 11.2. The lowest BCUT2D eigenvalue weighted by Crippen LogP contribution is -2.09. The summed E-state index contributed by atoms with van der Waals surface area (Å²) in [6, 6.07) is 0. The fourth-order valence-electron chi connectivity index (χ4n) is 1.23. The van der Waals surface area contributed by atoms with Crippen molar-refractivity contribution in [1.82, 2.24) is 4.98 Å². The van der Waals surface area contributed by atoms with Crippen molar-refractivity contribution in [3.63, 3.8) is 0 Å². The third kappa shape index (κ3) is 3.35. The van der Waals surface area contributed by atoms with Gasteiger partial charge in [0.2, 0.25) is 0 Å². The summed E-state index contributed by atoms with van der Waals surface area (Å²) in [5, 5.41) is 0.178. The summed E-state index contributed by atoms with van der Waals surface area (Å²) in [7, 11) is 1.24. The van der Waals surface area contributed by atoms with E-state index >= 15 is 0 Å². The largest absolute Gasteiger partial charge is 0.469 e. The predicted molar refractivity (Wildman–Crippen MR) is 62.6 cm³/mol. The van der Waals surface area contributed by atoms with Crippen molar-refractivity contribution >= 4 is 33.5 Å². The maximum Gasteiger partial charge on any atom is 0.311 e. The molecule has 1 heterocycles. The fraction of sp³-hybridized carbons (Fsp3) is 0.400. The summed E-state index contributed by atoms with van der Waals surface area (Å²) in [4.78, 5) is 14.9. The number of esters is 1. The van der Waals surface area contributed by atoms with Crippen LogP contribution in [0.5, 0.6) is 0 Å². The van der Waals surface area contributed by atoms with Crippen LogP contribution in [0.1, 0.15) is 23.2 Å². The molecule has 1 rings (SSSR count). The Balaban J connectivity index is 3.16. The molecule has 94 valence electrons. The Bertz CT molecular complexity index is 429. The van der Waals surface area contributed by atoms with Crippen LogP contribution in [-0.2, 0) is 21.3 Å². The molecule has 7 heteroatoms. The van der Waals surface area contributed by atoms with Gasteiger partial charge in [0.1, 0.15) is 0 Å². The van der Waals surface area contributed by atoms with E-state index in [9.17, 15) is 13.6 Å². The average molecular weight is 329 g/mol. The van der Waals surface area contributed by atoms with Gasteiger partial charge in [-0.05, 0) is 0 Å². The van der Waals surface area contributed by atoms with Crippen LogP contribution in [0.4, 0.5) is 8.78 Å². The van der Waals surface area contributed by atoms with Gasteiger partial charge in [0.05, 0.1) is 29.8 Å². The van der Waals surface area contributed by atoms with Crippen LogP contribution < -0.4 is 0 Å². The highest BCUT2D eigenvalue weighted by Crippen LogP contribution is 2.31. The molecule has 17 heavy (non-hydrogen) atoms. The second kappa shape index (κ2) is 6.26. The third-order valence-electron chi connectivity index (χ3n) is 2.13. The Morgan fingerprint density at radius 1 is 1.65 bits per heavy atom. The Morgan fingerprint density at radius 3 is 2.76 bits per heavy atom. The van der Waals surface area contributed by atoms with E-state index in [1.54, 1.807) is 0 Å². The van der Waals surface area contributed by atoms with Crippen LogP contribution in [-0.4, -0.2) is 18.1 Å². The first kappa shape index (κ1) is 14.3. The van der Waals surface area contributed by atoms with Crippen molar-refractivity contribution in [1.29, 1.82) is 0 Å². The molecule has 0 radical (unpaired) electrons. The third-order valence-corrected chi connectivity index (χ3v) is 3.14. The van der Waals surface area contributed by atoms with Crippen molar-refractivity contribution < 1.29 is 18.3 Å². The quantitative estimate of drug-likeness (QED) is 0.629. The molecule has 0 amide bonds. The summed E-state index contributed by atoms with van der Waals surface area (Å²) in [6.07, 6.45) is -1.81. The molecule has 0 aromatic carbocycles. The van der Waals surface area contributed by atoms with E-state index in [1.807, 2.05) is 0 Å². The maximum absolute atomic E-state index is 12.6. The summed E-state index contributed by atoms with van der Waals surface area (Å²) in [5.41, 5.74) is 0.382. The molecule has 0 bridgehead atoms. The normalized spacial score (nSPS) is 10.7. The SMILES string of the molecule is COC(=O)Cc1ncc(C(F)F)c(Cl)c1CBr. The molecule has 3 nitrogen and oxygen atoms in total. The molecule has 0 fully saturated rings. The van der Waals surface area contributed by atoms with Gasteiger partial charge in [-0.25, -0.2) is 8.78 Å². The number of carbonyl (C=O) groups is 1. The lowest BCUT2D eigenvalue weighted by Gasteiger charge is -2.11. The van der Waals surface area contributed by atoms with E-state index in [2.05, 4.69) is 25.7 Å². The highest BCUT2D eigenvalue weighted by molar-refractivity contribution is 9.08. The van der Waals surface area contributed by atoms with Crippen LogP contribution in [0, 0.1) is 0 Å². The lowest BCUT2D eigenvalue weighted by atomic mass is 10.1. The Hall–Kier alpha value is -0.750. The van der Waals surface area contributed by atoms with E-state index < -0.39 is 12.4 Å². The summed E-state index contributed by atoms with van der Waals surface area (Å²) in [6.45, 7) is 0. The number of pyridine rings is 1. The van der Waals surface area contributed by atoms with Crippen molar-refractivity contribution in [2.75, 3.05) is 7.11 Å². The van der Waals surface area contributed by atoms with Gasteiger partial charge in [-0.2, -0.15) is 0 Å². The predicted octanol–water partition coefficient (Wildman–Crippen LogP) is 3.28. The van der Waals surface area contributed by atoms with Crippen LogP contribution in [0.25, 0.3) is 0 Å². The standard InChI is InChI=1S/C10H9BrClF2NO2/c1-17-8(16)2-7-5(3-11)9(12)6(4-15-7)10(13)14/h4,10H,2-3H2,1H3. The van der Waals surface area contributed by atoms with E-state index in [-0.39, 0.29) is 22.3 Å². The monoisotopic (exact) mass is 327 g/mol. The number of hydrogen-bond donors (Lipinski definition) is 0. The smallest absolute Gasteiger partial charge is 0.311 e. The molecule has 1 aromatic heterocycles. The van der Waals surface area contributed by atoms with E-state index in [0.717, 1.165) is 6.20 Å². The highest BCUT2D eigenvalue weighted by Gasteiger charge is 2.19. The van der Waals surface area contributed by atoms with Crippen LogP contribution in [0.2, 0.25) is 5.02 Å². The topological polar surface area (TPSA) is 39.2 Å². The molecule has 0 aliphatic heterocycles. The number of nitrogens with zero attached hydrogens (tertiary/aromatic N) is 1. The number of aromatic nitrogens is 1. The van der Waals surface area contributed by atoms with Gasteiger partial charge < -0.3 is 4.74 Å². The molecule has 0 saturated heterocycles. The molecule has 0 aliphatic rings. The number of halogens is 4. The van der Waals surface area contributed by atoms with Crippen LogP contribution in [0.3, 0.4) is 0 Å². The molecule has 0 aliphatic carbocycles. The van der Waals surface area contributed by atoms with Gasteiger partial charge in [0.25, 0.3) is 6.43 Å². The zero-order chi connectivity index (χ0) is 13.0. The Labute approximate surface area is 110 Å².